The van der Waals surface area contributed by atoms with Crippen LogP contribution in [0.3, 0.4) is 0 Å². The van der Waals surface area contributed by atoms with E-state index in [0.717, 1.165) is 50.4 Å². The Balaban J connectivity index is 1.06. The van der Waals surface area contributed by atoms with Crippen molar-refractivity contribution in [2.24, 2.45) is 0 Å². The maximum absolute atomic E-state index is 7.03. The average Bonchev–Trinajstić information content (AvgIpc) is 3.90. The number of benzene rings is 8. The molecular formula is C54H33NO. The molecule has 2 aromatic heterocycles. The lowest BCUT2D eigenvalue weighted by atomic mass is 9.71. The van der Waals surface area contributed by atoms with Gasteiger partial charge in [-0.05, 0) is 84.6 Å². The third-order valence-electron chi connectivity index (χ3n) is 12.1. The van der Waals surface area contributed by atoms with E-state index < -0.39 is 5.41 Å². The lowest BCUT2D eigenvalue weighted by Crippen LogP contribution is -2.26. The summed E-state index contributed by atoms with van der Waals surface area (Å²) in [5.74, 6) is 1.02. The Morgan fingerprint density at radius 2 is 0.946 bits per heavy atom. The normalized spacial score (nSPS) is 13.1. The molecule has 260 valence electrons. The van der Waals surface area contributed by atoms with Crippen LogP contribution in [0.25, 0.3) is 88.8 Å². The van der Waals surface area contributed by atoms with Crippen LogP contribution in [0.15, 0.2) is 205 Å². The first-order chi connectivity index (χ1) is 27.8. The predicted octanol–water partition coefficient (Wildman–Crippen LogP) is 14.0. The summed E-state index contributed by atoms with van der Waals surface area (Å²) in [4.78, 5) is 5.26. The summed E-state index contributed by atoms with van der Waals surface area (Å²) in [7, 11) is 0. The van der Waals surface area contributed by atoms with Gasteiger partial charge in [-0.1, -0.05) is 182 Å². The molecule has 10 aromatic rings. The number of aromatic nitrogens is 1. The maximum Gasteiger partial charge on any atom is 0.135 e. The predicted molar refractivity (Wildman–Crippen MR) is 230 cm³/mol. The zero-order valence-corrected chi connectivity index (χ0v) is 30.4. The van der Waals surface area contributed by atoms with Gasteiger partial charge >= 0.3 is 0 Å². The van der Waals surface area contributed by atoms with Crippen LogP contribution in [-0.4, -0.2) is 4.98 Å². The van der Waals surface area contributed by atoms with Crippen molar-refractivity contribution in [3.05, 3.63) is 223 Å². The molecule has 2 nitrogen and oxygen atoms in total. The average molecular weight is 712 g/mol. The lowest BCUT2D eigenvalue weighted by Gasteiger charge is -2.30. The molecule has 2 aliphatic carbocycles. The molecule has 0 saturated carbocycles. The van der Waals surface area contributed by atoms with Gasteiger partial charge in [0.15, 0.2) is 0 Å². The van der Waals surface area contributed by atoms with Gasteiger partial charge in [-0.25, -0.2) is 4.98 Å². The Morgan fingerprint density at radius 3 is 1.75 bits per heavy atom. The van der Waals surface area contributed by atoms with Crippen molar-refractivity contribution in [2.75, 3.05) is 0 Å². The van der Waals surface area contributed by atoms with E-state index >= 15 is 0 Å². The van der Waals surface area contributed by atoms with Crippen LogP contribution in [-0.2, 0) is 5.41 Å². The maximum atomic E-state index is 7.03. The van der Waals surface area contributed by atoms with E-state index in [2.05, 4.69) is 200 Å². The summed E-state index contributed by atoms with van der Waals surface area (Å²) >= 11 is 0. The SMILES string of the molecule is c1ccc(-c2cc(-c3ccc(-c4cccc5c4C4(c6ccccc6-c6ccccc64)c4oc6ccccc6c4-5)cc3)cc(-c3cccc4ccccc34)n2)cc1. The number of fused-ring (bicyclic) bond motifs is 13. The van der Waals surface area contributed by atoms with E-state index in [-0.39, 0.29) is 0 Å². The monoisotopic (exact) mass is 711 g/mol. The molecule has 2 aliphatic rings. The Hall–Kier alpha value is -7.29. The van der Waals surface area contributed by atoms with Gasteiger partial charge in [0.1, 0.15) is 16.8 Å². The molecule has 1 spiro atoms. The number of para-hydroxylation sites is 1. The quantitative estimate of drug-likeness (QED) is 0.182. The van der Waals surface area contributed by atoms with Crippen molar-refractivity contribution in [1.29, 1.82) is 0 Å². The van der Waals surface area contributed by atoms with Crippen LogP contribution in [0.4, 0.5) is 0 Å². The molecule has 0 fully saturated rings. The van der Waals surface area contributed by atoms with E-state index in [1.54, 1.807) is 0 Å². The van der Waals surface area contributed by atoms with Gasteiger partial charge in [0, 0.05) is 22.1 Å². The van der Waals surface area contributed by atoms with E-state index in [0.29, 0.717) is 0 Å². The topological polar surface area (TPSA) is 26.0 Å². The van der Waals surface area contributed by atoms with Crippen LogP contribution < -0.4 is 0 Å². The Bertz CT molecular complexity index is 3140. The summed E-state index contributed by atoms with van der Waals surface area (Å²) in [6.07, 6.45) is 0. The minimum absolute atomic E-state index is 0.588. The van der Waals surface area contributed by atoms with Crippen molar-refractivity contribution in [1.82, 2.24) is 4.98 Å². The van der Waals surface area contributed by atoms with Gasteiger partial charge < -0.3 is 4.42 Å². The molecule has 0 atom stereocenters. The Morgan fingerprint density at radius 1 is 0.375 bits per heavy atom. The molecule has 0 amide bonds. The highest BCUT2D eigenvalue weighted by Crippen LogP contribution is 2.66. The van der Waals surface area contributed by atoms with E-state index in [4.69, 9.17) is 9.40 Å². The molecule has 0 N–H and O–H groups in total. The van der Waals surface area contributed by atoms with Crippen molar-refractivity contribution in [2.45, 2.75) is 5.41 Å². The fourth-order valence-electron chi connectivity index (χ4n) is 9.73. The van der Waals surface area contributed by atoms with Gasteiger partial charge in [-0.15, -0.1) is 0 Å². The third-order valence-corrected chi connectivity index (χ3v) is 12.1. The Labute approximate surface area is 325 Å². The van der Waals surface area contributed by atoms with E-state index in [1.165, 1.54) is 60.8 Å². The van der Waals surface area contributed by atoms with Crippen LogP contribution in [0.5, 0.6) is 0 Å². The second-order valence-electron chi connectivity index (χ2n) is 15.0. The second-order valence-corrected chi connectivity index (χ2v) is 15.0. The minimum Gasteiger partial charge on any atom is -0.459 e. The van der Waals surface area contributed by atoms with Crippen molar-refractivity contribution in [3.8, 4) is 67.0 Å². The fourth-order valence-corrected chi connectivity index (χ4v) is 9.73. The van der Waals surface area contributed by atoms with Crippen LogP contribution in [0.1, 0.15) is 22.5 Å². The fraction of sp³-hybridized carbons (Fsp3) is 0.0185. The van der Waals surface area contributed by atoms with Crippen LogP contribution >= 0.6 is 0 Å². The molecule has 0 aliphatic heterocycles. The third kappa shape index (κ3) is 4.30. The standard InChI is InChI=1S/C54H33NO/c1-2-15-37(16-3-1)48-32-38(33-49(55-48)43-23-12-17-35-14-4-5-18-39(35)43)34-28-30-36(31-29-34)40-22-13-24-45-51-44-21-8-11-27-50(44)56-53(51)54(52(40)45)46-25-9-6-19-41(46)42-20-7-10-26-47(42)54/h1-33H. The zero-order valence-electron chi connectivity index (χ0n) is 30.4. The number of hydrogen-bond donors (Lipinski definition) is 0. The van der Waals surface area contributed by atoms with Gasteiger partial charge in [0.2, 0.25) is 0 Å². The number of pyridine rings is 1. The molecule has 0 saturated heterocycles. The van der Waals surface area contributed by atoms with Gasteiger partial charge in [0.05, 0.1) is 11.4 Å². The molecular weight excluding hydrogens is 679 g/mol. The van der Waals surface area contributed by atoms with E-state index in [1.807, 2.05) is 0 Å². The molecule has 2 heteroatoms. The van der Waals surface area contributed by atoms with Crippen LogP contribution in [0, 0.1) is 0 Å². The molecule has 2 heterocycles. The number of hydrogen-bond acceptors (Lipinski definition) is 2. The molecule has 12 rings (SSSR count). The summed E-state index contributed by atoms with van der Waals surface area (Å²) in [5, 5.41) is 3.56. The Kier molecular flexibility index (Phi) is 6.58. The molecule has 0 bridgehead atoms. The zero-order chi connectivity index (χ0) is 36.8. The van der Waals surface area contributed by atoms with Crippen molar-refractivity contribution < 1.29 is 4.42 Å². The van der Waals surface area contributed by atoms with Crippen molar-refractivity contribution >= 4 is 21.7 Å². The summed E-state index contributed by atoms with van der Waals surface area (Å²) in [6.45, 7) is 0. The molecule has 0 unspecified atom stereocenters. The highest BCUT2D eigenvalue weighted by atomic mass is 16.3. The highest BCUT2D eigenvalue weighted by Gasteiger charge is 2.56. The molecule has 8 aromatic carbocycles. The first-order valence-electron chi connectivity index (χ1n) is 19.3. The number of rotatable bonds is 4. The molecule has 56 heavy (non-hydrogen) atoms. The highest BCUT2D eigenvalue weighted by molar-refractivity contribution is 6.06. The second kappa shape index (κ2) is 11.9. The van der Waals surface area contributed by atoms with Gasteiger partial charge in [0.25, 0.3) is 0 Å². The van der Waals surface area contributed by atoms with E-state index in [9.17, 15) is 0 Å². The number of furan rings is 1. The number of nitrogens with zero attached hydrogens (tertiary/aromatic N) is 1. The van der Waals surface area contributed by atoms with Crippen molar-refractivity contribution in [3.63, 3.8) is 0 Å². The smallest absolute Gasteiger partial charge is 0.135 e. The summed E-state index contributed by atoms with van der Waals surface area (Å²) in [6, 6.07) is 72.3. The first kappa shape index (κ1) is 31.1. The van der Waals surface area contributed by atoms with Gasteiger partial charge in [-0.2, -0.15) is 0 Å². The first-order valence-corrected chi connectivity index (χ1v) is 19.3. The molecule has 0 radical (unpaired) electrons. The summed E-state index contributed by atoms with van der Waals surface area (Å²) < 4.78 is 7.03. The summed E-state index contributed by atoms with van der Waals surface area (Å²) in [5.41, 5.74) is 18.0. The van der Waals surface area contributed by atoms with Crippen LogP contribution in [0.2, 0.25) is 0 Å². The minimum atomic E-state index is -0.588. The lowest BCUT2D eigenvalue weighted by molar-refractivity contribution is 0.507. The van der Waals surface area contributed by atoms with Gasteiger partial charge in [-0.3, -0.25) is 0 Å². The largest absolute Gasteiger partial charge is 0.459 e.